The number of halogens is 1. The number of hydrogen-bond donors (Lipinski definition) is 1. The van der Waals surface area contributed by atoms with Crippen LogP contribution in [-0.2, 0) is 9.53 Å². The van der Waals surface area contributed by atoms with Crippen LogP contribution in [0.3, 0.4) is 0 Å². The molecule has 3 amide bonds. The van der Waals surface area contributed by atoms with Crippen molar-refractivity contribution in [3.63, 3.8) is 0 Å². The van der Waals surface area contributed by atoms with Crippen molar-refractivity contribution in [1.29, 1.82) is 0 Å². The number of rotatable bonds is 4. The van der Waals surface area contributed by atoms with Crippen molar-refractivity contribution in [2.24, 2.45) is 10.9 Å². The van der Waals surface area contributed by atoms with Gasteiger partial charge in [0.2, 0.25) is 0 Å². The smallest absolute Gasteiger partial charge is 0.410 e. The number of nitrogens with zero attached hydrogens (tertiary/aromatic N) is 4. The minimum absolute atomic E-state index is 0.0974. The molecule has 1 atom stereocenters. The molecule has 36 heavy (non-hydrogen) atoms. The largest absolute Gasteiger partial charge is 0.444 e. The van der Waals surface area contributed by atoms with Gasteiger partial charge in [0.25, 0.3) is 11.8 Å². The number of piperidine rings is 1. The number of aliphatic imine (C=N–C) groups is 1. The molecule has 2 aliphatic heterocycles. The van der Waals surface area contributed by atoms with Crippen molar-refractivity contribution >= 4 is 50.5 Å². The fraction of sp³-hybridized carbons (Fsp3) is 0.500. The lowest BCUT2D eigenvalue weighted by molar-refractivity contribution is -0.120. The topological polar surface area (TPSA) is 106 Å². The Bertz CT molecular complexity index is 1270. The number of hydrogen-bond acceptors (Lipinski definition) is 5. The van der Waals surface area contributed by atoms with Crippen molar-refractivity contribution in [2.45, 2.75) is 59.1 Å². The molecular formula is C26H32BrN5O4. The normalized spacial score (nSPS) is 19.2. The van der Waals surface area contributed by atoms with Crippen LogP contribution >= 0.6 is 15.9 Å². The van der Waals surface area contributed by atoms with E-state index in [-0.39, 0.29) is 30.5 Å². The molecule has 2 aliphatic rings. The van der Waals surface area contributed by atoms with E-state index < -0.39 is 11.5 Å². The van der Waals surface area contributed by atoms with Gasteiger partial charge in [0.15, 0.2) is 0 Å². The third kappa shape index (κ3) is 5.69. The summed E-state index contributed by atoms with van der Waals surface area (Å²) in [5.41, 5.74) is 2.37. The third-order valence-electron chi connectivity index (χ3n) is 6.43. The monoisotopic (exact) mass is 557 g/mol. The van der Waals surface area contributed by atoms with E-state index in [1.807, 2.05) is 44.5 Å². The second-order valence-electron chi connectivity index (χ2n) is 10.4. The lowest BCUT2D eigenvalue weighted by Crippen LogP contribution is -2.42. The van der Waals surface area contributed by atoms with Gasteiger partial charge in [-0.05, 0) is 65.7 Å². The maximum Gasteiger partial charge on any atom is 0.410 e. The van der Waals surface area contributed by atoms with E-state index in [1.54, 1.807) is 24.1 Å². The van der Waals surface area contributed by atoms with Gasteiger partial charge in [-0.1, -0.05) is 21.5 Å². The molecule has 2 aromatic rings. The predicted octanol–water partition coefficient (Wildman–Crippen LogP) is 4.66. The van der Waals surface area contributed by atoms with Gasteiger partial charge in [-0.2, -0.15) is 5.10 Å². The number of ether oxygens (including phenoxy) is 1. The quantitative estimate of drug-likeness (QED) is 0.588. The first-order valence-electron chi connectivity index (χ1n) is 12.1. The van der Waals surface area contributed by atoms with E-state index in [1.165, 1.54) is 0 Å². The summed E-state index contributed by atoms with van der Waals surface area (Å²) in [6, 6.07) is 3.82. The van der Waals surface area contributed by atoms with Gasteiger partial charge in [-0.15, -0.1) is 0 Å². The Morgan fingerprint density at radius 2 is 1.89 bits per heavy atom. The highest BCUT2D eigenvalue weighted by atomic mass is 79.9. The summed E-state index contributed by atoms with van der Waals surface area (Å²) in [4.78, 5) is 43.6. The van der Waals surface area contributed by atoms with Crippen molar-refractivity contribution in [1.82, 2.24) is 20.0 Å². The molecule has 192 valence electrons. The summed E-state index contributed by atoms with van der Waals surface area (Å²) in [6.07, 6.45) is 4.75. The van der Waals surface area contributed by atoms with Crippen molar-refractivity contribution in [3.8, 4) is 0 Å². The molecule has 1 N–H and O–H groups in total. The van der Waals surface area contributed by atoms with E-state index in [2.05, 4.69) is 31.3 Å². The summed E-state index contributed by atoms with van der Waals surface area (Å²) < 4.78 is 8.20. The summed E-state index contributed by atoms with van der Waals surface area (Å²) in [5.74, 6) is -0.969. The second kappa shape index (κ2) is 10.2. The average Bonchev–Trinajstić information content (AvgIpc) is 3.20. The molecule has 1 aromatic heterocycles. The second-order valence-corrected chi connectivity index (χ2v) is 11.3. The van der Waals surface area contributed by atoms with Crippen LogP contribution in [0, 0.1) is 5.92 Å². The van der Waals surface area contributed by atoms with E-state index in [0.29, 0.717) is 24.4 Å². The molecule has 0 spiro atoms. The van der Waals surface area contributed by atoms with Crippen LogP contribution in [0.1, 0.15) is 63.9 Å². The number of nitrogens with one attached hydrogen (secondary N) is 1. The maximum atomic E-state index is 13.2. The Morgan fingerprint density at radius 3 is 2.53 bits per heavy atom. The van der Waals surface area contributed by atoms with E-state index in [9.17, 15) is 14.4 Å². The molecule has 1 unspecified atom stereocenters. The van der Waals surface area contributed by atoms with Crippen LogP contribution < -0.4 is 5.32 Å². The van der Waals surface area contributed by atoms with Crippen LogP contribution in [0.2, 0.25) is 0 Å². The summed E-state index contributed by atoms with van der Waals surface area (Å²) in [6.45, 7) is 10.6. The van der Waals surface area contributed by atoms with Crippen molar-refractivity contribution < 1.29 is 19.1 Å². The number of carbonyl (C=O) groups excluding carboxylic acids is 3. The highest BCUT2D eigenvalue weighted by molar-refractivity contribution is 9.10. The summed E-state index contributed by atoms with van der Waals surface area (Å²) in [5, 5.41) is 8.26. The van der Waals surface area contributed by atoms with Gasteiger partial charge in [0.05, 0.1) is 29.2 Å². The number of likely N-dealkylation sites (tertiary alicyclic amines) is 1. The lowest BCUT2D eigenvalue weighted by atomic mass is 9.95. The van der Waals surface area contributed by atoms with Crippen LogP contribution in [0.5, 0.6) is 0 Å². The van der Waals surface area contributed by atoms with E-state index in [0.717, 1.165) is 33.8 Å². The summed E-state index contributed by atoms with van der Waals surface area (Å²) in [7, 11) is 0. The Morgan fingerprint density at radius 1 is 1.19 bits per heavy atom. The van der Waals surface area contributed by atoms with Crippen LogP contribution in [-0.4, -0.2) is 63.5 Å². The molecule has 0 saturated carbocycles. The number of amides is 3. The first-order chi connectivity index (χ1) is 16.9. The van der Waals surface area contributed by atoms with Gasteiger partial charge >= 0.3 is 6.09 Å². The minimum atomic E-state index is -0.527. The number of allylic oxidation sites excluding steroid dienone is 1. The average molecular weight is 558 g/mol. The van der Waals surface area contributed by atoms with Crippen molar-refractivity contribution in [2.75, 3.05) is 19.6 Å². The van der Waals surface area contributed by atoms with E-state index >= 15 is 0 Å². The maximum absolute atomic E-state index is 13.2. The van der Waals surface area contributed by atoms with Gasteiger partial charge < -0.3 is 15.0 Å². The zero-order valence-corrected chi connectivity index (χ0v) is 22.9. The standard InChI is InChI=1S/C26H32BrN5O4/c1-15-10-16(2)30-24(34)20(15)13-28-23(33)19-11-17(27)12-22-21(19)14-29-32(22)18-6-8-31(9-7-18)25(35)36-26(3,4)5/h10-12,14,18,20H,6-9,13H2,1-5H3,(H,28,33). The Labute approximate surface area is 219 Å². The Hall–Kier alpha value is -3.01. The fourth-order valence-electron chi connectivity index (χ4n) is 4.66. The number of benzene rings is 1. The first kappa shape index (κ1) is 26.1. The van der Waals surface area contributed by atoms with Gasteiger partial charge in [-0.3, -0.25) is 14.3 Å². The lowest BCUT2D eigenvalue weighted by Gasteiger charge is -2.33. The number of aromatic nitrogens is 2. The van der Waals surface area contributed by atoms with Crippen LogP contribution in [0.15, 0.2) is 39.4 Å². The molecule has 9 nitrogen and oxygen atoms in total. The molecule has 4 rings (SSSR count). The number of dihydropyridines is 1. The van der Waals surface area contributed by atoms with E-state index in [4.69, 9.17) is 4.74 Å². The number of carbonyl (C=O) groups is 3. The van der Waals surface area contributed by atoms with Crippen LogP contribution in [0.25, 0.3) is 10.9 Å². The zero-order valence-electron chi connectivity index (χ0n) is 21.3. The molecule has 1 saturated heterocycles. The predicted molar refractivity (Wildman–Crippen MR) is 141 cm³/mol. The summed E-state index contributed by atoms with van der Waals surface area (Å²) >= 11 is 3.53. The zero-order chi connectivity index (χ0) is 26.2. The highest BCUT2D eigenvalue weighted by Crippen LogP contribution is 2.31. The molecule has 1 aromatic carbocycles. The third-order valence-corrected chi connectivity index (χ3v) is 6.88. The number of fused-ring (bicyclic) bond motifs is 1. The van der Waals surface area contributed by atoms with Gasteiger partial charge in [0, 0.05) is 35.2 Å². The Kier molecular flexibility index (Phi) is 7.36. The molecule has 0 aliphatic carbocycles. The minimum Gasteiger partial charge on any atom is -0.444 e. The molecule has 0 bridgehead atoms. The molecule has 0 radical (unpaired) electrons. The fourth-order valence-corrected chi connectivity index (χ4v) is 5.10. The Balaban J connectivity index is 1.48. The molecule has 1 fully saturated rings. The van der Waals surface area contributed by atoms with Gasteiger partial charge in [-0.25, -0.2) is 9.79 Å². The first-order valence-corrected chi connectivity index (χ1v) is 12.9. The van der Waals surface area contributed by atoms with Crippen molar-refractivity contribution in [3.05, 3.63) is 40.0 Å². The SMILES string of the molecule is CC1=CC(C)=NC(=O)C1CNC(=O)c1cc(Br)cc2c1cnn2C1CCN(C(=O)OC(C)(C)C)CC1. The molecule has 3 heterocycles. The highest BCUT2D eigenvalue weighted by Gasteiger charge is 2.29. The van der Waals surface area contributed by atoms with Crippen LogP contribution in [0.4, 0.5) is 4.79 Å². The molecular weight excluding hydrogens is 526 g/mol. The van der Waals surface area contributed by atoms with Gasteiger partial charge in [0.1, 0.15) is 5.60 Å². The molecule has 10 heteroatoms.